The number of aliphatic carboxylic acids is 1. The molecule has 0 aromatic heterocycles. The smallest absolute Gasteiger partial charge is 0.367 e. The van der Waals surface area contributed by atoms with Crippen LogP contribution < -0.4 is 0 Å². The van der Waals surface area contributed by atoms with Crippen molar-refractivity contribution in [3.8, 4) is 0 Å². The van der Waals surface area contributed by atoms with Crippen molar-refractivity contribution in [2.24, 2.45) is 11.8 Å². The number of aliphatic hydroxyl groups is 8. The maximum atomic E-state index is 12.2. The molecule has 0 amide bonds. The Morgan fingerprint density at radius 2 is 1.36 bits per heavy atom. The second-order valence-electron chi connectivity index (χ2n) is 10.1. The van der Waals surface area contributed by atoms with Gasteiger partial charge < -0.3 is 74.4 Å². The van der Waals surface area contributed by atoms with Crippen LogP contribution in [0.4, 0.5) is 4.79 Å². The fraction of sp³-hybridized carbons (Fsp3) is 0.750. The molecule has 0 bridgehead atoms. The van der Waals surface area contributed by atoms with Crippen LogP contribution in [-0.4, -0.2) is 157 Å². The standard InChI is InChI=1S/C24H34O17S/c1-42-24(35)37-5-7-2-9(38-22-18(31)16(29)14(27)10(3-25)39-22)13-8(20(33)34)6-36-21(12(7)13)41-23-19(32)17(30)15(28)11(4-26)40-23/h2,6,9-19,21-23,25-32H,3-5H2,1H3,(H,33,34)/t9-,10-,11-,12-,13+,14-,15-,16+,17+,18-,19-,21+,22-,23+/m1/s1. The van der Waals surface area contributed by atoms with E-state index in [1.165, 1.54) is 12.3 Å². The van der Waals surface area contributed by atoms with E-state index in [2.05, 4.69) is 0 Å². The number of aliphatic hydroxyl groups excluding tert-OH is 8. The number of carbonyl (C=O) groups excluding carboxylic acids is 1. The quantitative estimate of drug-likeness (QED) is 0.0871. The molecule has 0 spiro atoms. The number of hydrogen-bond acceptors (Lipinski definition) is 17. The Morgan fingerprint density at radius 1 is 0.810 bits per heavy atom. The van der Waals surface area contributed by atoms with Gasteiger partial charge in [0.1, 0.15) is 55.4 Å². The lowest BCUT2D eigenvalue weighted by Gasteiger charge is -2.44. The van der Waals surface area contributed by atoms with Gasteiger partial charge in [0.2, 0.25) is 6.29 Å². The number of ether oxygens (including phenoxy) is 6. The van der Waals surface area contributed by atoms with Gasteiger partial charge in [-0.2, -0.15) is 0 Å². The summed E-state index contributed by atoms with van der Waals surface area (Å²) < 4.78 is 33.2. The van der Waals surface area contributed by atoms with Crippen LogP contribution in [0.5, 0.6) is 0 Å². The van der Waals surface area contributed by atoms with Crippen LogP contribution in [0.1, 0.15) is 0 Å². The average Bonchev–Trinajstić information content (AvgIpc) is 3.34. The Kier molecular flexibility index (Phi) is 10.8. The Labute approximate surface area is 242 Å². The van der Waals surface area contributed by atoms with Gasteiger partial charge in [0.15, 0.2) is 12.6 Å². The Hall–Kier alpha value is -1.91. The molecule has 2 saturated heterocycles. The molecule has 9 N–H and O–H groups in total. The van der Waals surface area contributed by atoms with E-state index in [0.29, 0.717) is 0 Å². The molecule has 17 nitrogen and oxygen atoms in total. The highest BCUT2D eigenvalue weighted by Gasteiger charge is 2.54. The number of fused-ring (bicyclic) bond motifs is 1. The van der Waals surface area contributed by atoms with Crippen LogP contribution in [0.15, 0.2) is 23.5 Å². The van der Waals surface area contributed by atoms with Crippen LogP contribution in [0.3, 0.4) is 0 Å². The first kappa shape index (κ1) is 33.0. The molecule has 4 aliphatic rings. The maximum Gasteiger partial charge on any atom is 0.367 e. The zero-order valence-corrected chi connectivity index (χ0v) is 22.9. The van der Waals surface area contributed by atoms with E-state index in [-0.39, 0.29) is 11.1 Å². The first-order chi connectivity index (χ1) is 19.9. The Morgan fingerprint density at radius 3 is 1.86 bits per heavy atom. The Bertz CT molecular complexity index is 1030. The van der Waals surface area contributed by atoms with Crippen molar-refractivity contribution < 1.29 is 84.0 Å². The van der Waals surface area contributed by atoms with E-state index in [1.54, 1.807) is 0 Å². The van der Waals surface area contributed by atoms with Crippen molar-refractivity contribution in [2.45, 2.75) is 73.8 Å². The van der Waals surface area contributed by atoms with Crippen LogP contribution in [0, 0.1) is 11.8 Å². The van der Waals surface area contributed by atoms with Gasteiger partial charge in [-0.05, 0) is 23.6 Å². The third-order valence-corrected chi connectivity index (χ3v) is 8.01. The maximum absolute atomic E-state index is 12.2. The van der Waals surface area contributed by atoms with Crippen molar-refractivity contribution in [2.75, 3.05) is 26.1 Å². The van der Waals surface area contributed by atoms with Gasteiger partial charge in [-0.25, -0.2) is 9.59 Å². The van der Waals surface area contributed by atoms with Crippen LogP contribution in [0.25, 0.3) is 0 Å². The summed E-state index contributed by atoms with van der Waals surface area (Å²) in [5, 5.41) is 89.8. The molecule has 0 saturated carbocycles. The van der Waals surface area contributed by atoms with Crippen molar-refractivity contribution in [1.82, 2.24) is 0 Å². The van der Waals surface area contributed by atoms with Gasteiger partial charge in [0.25, 0.3) is 0 Å². The highest BCUT2D eigenvalue weighted by atomic mass is 32.2. The SMILES string of the molecule is CSC(=O)OCC1=C[C@@H](O[C@@H]2O[C@H](CO)[C@@H](O)[C@H](O)[C@H]2O)[C@@H]2C(C(=O)O)=CO[C@@H](O[C@@H]3O[C@H](CO)[C@@H](O)[C@H](O)[C@H]3O)[C@H]12. The minimum Gasteiger partial charge on any atom is -0.478 e. The van der Waals surface area contributed by atoms with Crippen molar-refractivity contribution >= 4 is 23.0 Å². The van der Waals surface area contributed by atoms with Gasteiger partial charge >= 0.3 is 11.3 Å². The Balaban J connectivity index is 1.65. The molecule has 0 radical (unpaired) electrons. The van der Waals surface area contributed by atoms with Crippen LogP contribution in [-0.2, 0) is 33.2 Å². The van der Waals surface area contributed by atoms with Crippen molar-refractivity contribution in [1.29, 1.82) is 0 Å². The third-order valence-electron chi connectivity index (χ3n) is 7.56. The van der Waals surface area contributed by atoms with Gasteiger partial charge in [0, 0.05) is 5.92 Å². The fourth-order valence-corrected chi connectivity index (χ4v) is 5.48. The number of rotatable bonds is 9. The average molecular weight is 627 g/mol. The van der Waals surface area contributed by atoms with E-state index in [9.17, 15) is 55.5 Å². The molecule has 238 valence electrons. The first-order valence-electron chi connectivity index (χ1n) is 12.9. The number of carbonyl (C=O) groups is 2. The summed E-state index contributed by atoms with van der Waals surface area (Å²) in [4.78, 5) is 24.1. The van der Waals surface area contributed by atoms with E-state index in [4.69, 9.17) is 28.4 Å². The largest absolute Gasteiger partial charge is 0.478 e. The predicted molar refractivity (Wildman–Crippen MR) is 134 cm³/mol. The summed E-state index contributed by atoms with van der Waals surface area (Å²) in [6.45, 7) is -1.88. The molecular formula is C24H34O17S. The second kappa shape index (κ2) is 13.8. The van der Waals surface area contributed by atoms with Crippen LogP contribution >= 0.6 is 11.8 Å². The molecule has 0 unspecified atom stereocenters. The molecular weight excluding hydrogens is 592 g/mol. The lowest BCUT2D eigenvalue weighted by molar-refractivity contribution is -0.342. The van der Waals surface area contributed by atoms with E-state index < -0.39 is 117 Å². The lowest BCUT2D eigenvalue weighted by atomic mass is 9.82. The third kappa shape index (κ3) is 6.46. The van der Waals surface area contributed by atoms with Gasteiger partial charge in [-0.1, -0.05) is 6.08 Å². The number of thioether (sulfide) groups is 1. The summed E-state index contributed by atoms with van der Waals surface area (Å²) in [5.74, 6) is -3.73. The molecule has 14 atom stereocenters. The van der Waals surface area contributed by atoms with Gasteiger partial charge in [-0.15, -0.1) is 0 Å². The zero-order chi connectivity index (χ0) is 30.9. The highest BCUT2D eigenvalue weighted by Crippen LogP contribution is 2.46. The normalized spacial score (nSPS) is 43.5. The van der Waals surface area contributed by atoms with E-state index in [1.807, 2.05) is 0 Å². The number of hydrogen-bond donors (Lipinski definition) is 9. The molecule has 18 heteroatoms. The number of carboxylic acid groups (broad SMARTS) is 1. The molecule has 42 heavy (non-hydrogen) atoms. The molecule has 3 heterocycles. The lowest BCUT2D eigenvalue weighted by Crippen LogP contribution is -2.60. The second-order valence-corrected chi connectivity index (χ2v) is 10.8. The van der Waals surface area contributed by atoms with Gasteiger partial charge in [-0.3, -0.25) is 0 Å². The minimum absolute atomic E-state index is 0.221. The highest BCUT2D eigenvalue weighted by molar-refractivity contribution is 8.12. The van der Waals surface area contributed by atoms with Gasteiger partial charge in [0.05, 0.1) is 37.1 Å². The van der Waals surface area contributed by atoms with E-state index >= 15 is 0 Å². The zero-order valence-electron chi connectivity index (χ0n) is 22.1. The van der Waals surface area contributed by atoms with Crippen molar-refractivity contribution in [3.05, 3.63) is 23.5 Å². The summed E-state index contributed by atoms with van der Waals surface area (Å²) in [6.07, 6.45) is -15.5. The predicted octanol–water partition coefficient (Wildman–Crippen LogP) is -4.02. The summed E-state index contributed by atoms with van der Waals surface area (Å²) >= 11 is 0.764. The van der Waals surface area contributed by atoms with E-state index in [0.717, 1.165) is 18.0 Å². The molecule has 1 aliphatic carbocycles. The molecule has 0 aromatic carbocycles. The molecule has 4 rings (SSSR count). The summed E-state index contributed by atoms with van der Waals surface area (Å²) in [5.41, 5.74) is -0.121. The number of carboxylic acids is 1. The first-order valence-corrected chi connectivity index (χ1v) is 14.1. The van der Waals surface area contributed by atoms with Crippen LogP contribution in [0.2, 0.25) is 0 Å². The minimum atomic E-state index is -1.82. The fourth-order valence-electron chi connectivity index (χ4n) is 5.30. The summed E-state index contributed by atoms with van der Waals surface area (Å²) in [6, 6.07) is 0. The topological polar surface area (TPSA) is 272 Å². The molecule has 0 aromatic rings. The molecule has 2 fully saturated rings. The monoisotopic (exact) mass is 626 g/mol. The summed E-state index contributed by atoms with van der Waals surface area (Å²) in [7, 11) is 0. The van der Waals surface area contributed by atoms with Crippen molar-refractivity contribution in [3.63, 3.8) is 0 Å². The molecule has 3 aliphatic heterocycles.